The van der Waals surface area contributed by atoms with E-state index in [1.807, 2.05) is 29.2 Å². The number of nitrogens with one attached hydrogen (secondary N) is 1. The van der Waals surface area contributed by atoms with Gasteiger partial charge < -0.3 is 19.5 Å². The van der Waals surface area contributed by atoms with Crippen LogP contribution in [0.1, 0.15) is 55.5 Å². The van der Waals surface area contributed by atoms with Crippen LogP contribution in [0.4, 0.5) is 20.3 Å². The highest BCUT2D eigenvalue weighted by molar-refractivity contribution is 6.01. The first kappa shape index (κ1) is 25.5. The fraction of sp³-hybridized carbons (Fsp3) is 0.379. The Bertz CT molecular complexity index is 1670. The highest BCUT2D eigenvalue weighted by Gasteiger charge is 2.52. The van der Waals surface area contributed by atoms with E-state index in [1.165, 1.54) is 12.5 Å². The van der Waals surface area contributed by atoms with Gasteiger partial charge in [0.15, 0.2) is 11.6 Å². The molecule has 10 nitrogen and oxygen atoms in total. The summed E-state index contributed by atoms with van der Waals surface area (Å²) in [6.07, 6.45) is 8.24. The van der Waals surface area contributed by atoms with Crippen LogP contribution in [0, 0.1) is 0 Å². The highest BCUT2D eigenvalue weighted by atomic mass is 19.3. The normalized spacial score (nSPS) is 17.7. The van der Waals surface area contributed by atoms with Crippen molar-refractivity contribution in [3.05, 3.63) is 59.9 Å². The summed E-state index contributed by atoms with van der Waals surface area (Å²) < 4.78 is 34.9. The summed E-state index contributed by atoms with van der Waals surface area (Å²) in [4.78, 5) is 37.4. The van der Waals surface area contributed by atoms with Crippen molar-refractivity contribution in [2.75, 3.05) is 23.9 Å². The molecule has 2 fully saturated rings. The molecular weight excluding hydrogens is 530 g/mol. The van der Waals surface area contributed by atoms with Crippen molar-refractivity contribution in [3.63, 3.8) is 0 Å². The Labute approximate surface area is 234 Å². The fourth-order valence-corrected chi connectivity index (χ4v) is 5.67. The van der Waals surface area contributed by atoms with E-state index in [4.69, 9.17) is 9.72 Å². The number of halogens is 2. The maximum absolute atomic E-state index is 13.9. The van der Waals surface area contributed by atoms with E-state index in [-0.39, 0.29) is 18.1 Å². The third-order valence-corrected chi connectivity index (χ3v) is 8.07. The number of nitrogens with zero attached hydrogens (tertiary/aromatic N) is 7. The average molecular weight is 559 g/mol. The molecule has 12 heteroatoms. The lowest BCUT2D eigenvalue weighted by Gasteiger charge is -2.37. The first-order valence-electron chi connectivity index (χ1n) is 13.5. The minimum absolute atomic E-state index is 0.136. The topological polar surface area (TPSA) is 111 Å². The van der Waals surface area contributed by atoms with E-state index in [9.17, 15) is 13.6 Å². The van der Waals surface area contributed by atoms with Crippen LogP contribution in [-0.4, -0.2) is 49.0 Å². The van der Waals surface area contributed by atoms with Crippen LogP contribution in [0.5, 0.6) is 5.88 Å². The van der Waals surface area contributed by atoms with Crippen molar-refractivity contribution in [3.8, 4) is 28.7 Å². The number of carbonyl (C=O) groups is 1. The molecule has 4 aromatic rings. The van der Waals surface area contributed by atoms with Gasteiger partial charge in [-0.05, 0) is 31.2 Å². The number of methoxy groups -OCH3 is 1. The predicted molar refractivity (Wildman–Crippen MR) is 147 cm³/mol. The molecule has 0 spiro atoms. The third-order valence-electron chi connectivity index (χ3n) is 8.07. The van der Waals surface area contributed by atoms with E-state index in [2.05, 4.69) is 25.3 Å². The van der Waals surface area contributed by atoms with Crippen LogP contribution >= 0.6 is 0 Å². The SMILES string of the molecule is COc1ncnc(C2CC2)c1-c1ncc2c(n1)N(C1(c3ccc(-c4nc(C(C)(F)F)cn4C)cc3)CC1)CC(=O)N2. The molecule has 1 amide bonds. The zero-order valence-electron chi connectivity index (χ0n) is 22.9. The van der Waals surface area contributed by atoms with Crippen molar-refractivity contribution in [2.24, 2.45) is 7.05 Å². The van der Waals surface area contributed by atoms with Gasteiger partial charge in [0.1, 0.15) is 29.1 Å². The number of benzene rings is 1. The number of hydrogen-bond donors (Lipinski definition) is 1. The molecule has 3 aromatic heterocycles. The molecule has 7 rings (SSSR count). The summed E-state index contributed by atoms with van der Waals surface area (Å²) in [5.74, 6) is -0.879. The van der Waals surface area contributed by atoms with Gasteiger partial charge in [-0.3, -0.25) is 4.79 Å². The molecule has 1 aromatic carbocycles. The second-order valence-electron chi connectivity index (χ2n) is 11.0. The first-order valence-corrected chi connectivity index (χ1v) is 13.5. The quantitative estimate of drug-likeness (QED) is 0.345. The van der Waals surface area contributed by atoms with Gasteiger partial charge in [0, 0.05) is 31.6 Å². The number of imidazole rings is 1. The zero-order valence-corrected chi connectivity index (χ0v) is 22.9. The summed E-state index contributed by atoms with van der Waals surface area (Å²) in [5.41, 5.74) is 3.13. The van der Waals surface area contributed by atoms with Crippen molar-refractivity contribution in [1.82, 2.24) is 29.5 Å². The number of rotatable bonds is 7. The van der Waals surface area contributed by atoms with Gasteiger partial charge in [-0.1, -0.05) is 24.3 Å². The molecule has 0 radical (unpaired) electrons. The summed E-state index contributed by atoms with van der Waals surface area (Å²) in [6.45, 7) is 0.978. The van der Waals surface area contributed by atoms with E-state index in [1.54, 1.807) is 24.9 Å². The molecule has 4 heterocycles. The van der Waals surface area contributed by atoms with Gasteiger partial charge in [-0.25, -0.2) is 24.9 Å². The van der Waals surface area contributed by atoms with Crippen LogP contribution in [-0.2, 0) is 23.3 Å². The monoisotopic (exact) mass is 558 g/mol. The molecule has 1 aliphatic heterocycles. The number of hydrogen-bond acceptors (Lipinski definition) is 8. The van der Waals surface area contributed by atoms with Gasteiger partial charge in [0.05, 0.1) is 31.1 Å². The Morgan fingerprint density at radius 3 is 2.49 bits per heavy atom. The Morgan fingerprint density at radius 1 is 1.10 bits per heavy atom. The Hall–Kier alpha value is -4.48. The van der Waals surface area contributed by atoms with Crippen molar-refractivity contribution >= 4 is 17.4 Å². The van der Waals surface area contributed by atoms with Gasteiger partial charge in [-0.15, -0.1) is 0 Å². The third kappa shape index (κ3) is 4.28. The lowest BCUT2D eigenvalue weighted by atomic mass is 9.99. The Morgan fingerprint density at radius 2 is 1.85 bits per heavy atom. The second kappa shape index (κ2) is 9.02. The fourth-order valence-electron chi connectivity index (χ4n) is 5.67. The number of fused-ring (bicyclic) bond motifs is 1. The highest BCUT2D eigenvalue weighted by Crippen LogP contribution is 2.54. The van der Waals surface area contributed by atoms with E-state index in [0.29, 0.717) is 40.5 Å². The van der Waals surface area contributed by atoms with Crippen LogP contribution in [0.3, 0.4) is 0 Å². The van der Waals surface area contributed by atoms with E-state index >= 15 is 0 Å². The largest absolute Gasteiger partial charge is 0.480 e. The summed E-state index contributed by atoms with van der Waals surface area (Å²) in [5, 5.41) is 2.91. The summed E-state index contributed by atoms with van der Waals surface area (Å²) >= 11 is 0. The number of amides is 1. The smallest absolute Gasteiger partial charge is 0.288 e. The van der Waals surface area contributed by atoms with Crippen molar-refractivity contribution < 1.29 is 18.3 Å². The van der Waals surface area contributed by atoms with Crippen LogP contribution < -0.4 is 15.0 Å². The van der Waals surface area contributed by atoms with Gasteiger partial charge in [0.25, 0.3) is 5.92 Å². The summed E-state index contributed by atoms with van der Waals surface area (Å²) in [6, 6.07) is 7.74. The van der Waals surface area contributed by atoms with Crippen molar-refractivity contribution in [1.29, 1.82) is 0 Å². The minimum Gasteiger partial charge on any atom is -0.480 e. The predicted octanol–water partition coefficient (Wildman–Crippen LogP) is 4.78. The Balaban J connectivity index is 1.26. The standard InChI is InChI=1S/C29H28F2N8O2/c1-28(30,31)20-13-38(2)25(36-20)17-6-8-18(9-7-17)29(10-11-29)39-14-21(40)35-19-12-32-24(37-26(19)39)22-23(16-4-5-16)33-15-34-27(22)41-3/h6-9,12-13,15-16H,4-5,10-11,14H2,1-3H3,(H,35,40). The number of ether oxygens (including phenoxy) is 1. The number of alkyl halides is 2. The maximum Gasteiger partial charge on any atom is 0.288 e. The van der Waals surface area contributed by atoms with E-state index in [0.717, 1.165) is 49.4 Å². The molecule has 41 heavy (non-hydrogen) atoms. The van der Waals surface area contributed by atoms with Gasteiger partial charge in [-0.2, -0.15) is 8.78 Å². The van der Waals surface area contributed by atoms with Crippen LogP contribution in [0.25, 0.3) is 22.8 Å². The maximum atomic E-state index is 13.9. The Kier molecular flexibility index (Phi) is 5.60. The number of carbonyl (C=O) groups excluding carboxylic acids is 1. The van der Waals surface area contributed by atoms with Crippen LogP contribution in [0.2, 0.25) is 0 Å². The number of aryl methyl sites for hydroxylation is 1. The minimum atomic E-state index is -3.02. The molecule has 0 unspecified atom stereocenters. The molecule has 210 valence electrons. The zero-order chi connectivity index (χ0) is 28.5. The van der Waals surface area contributed by atoms with Crippen LogP contribution in [0.15, 0.2) is 43.0 Å². The molecule has 0 saturated heterocycles. The lowest BCUT2D eigenvalue weighted by molar-refractivity contribution is -0.115. The van der Waals surface area contributed by atoms with Crippen molar-refractivity contribution in [2.45, 2.75) is 50.0 Å². The van der Waals surface area contributed by atoms with Gasteiger partial charge in [0.2, 0.25) is 11.8 Å². The first-order chi connectivity index (χ1) is 19.7. The molecule has 0 bridgehead atoms. The molecule has 3 aliphatic rings. The molecule has 2 aliphatic carbocycles. The van der Waals surface area contributed by atoms with E-state index < -0.39 is 11.5 Å². The second-order valence-corrected chi connectivity index (χ2v) is 11.0. The summed E-state index contributed by atoms with van der Waals surface area (Å²) in [7, 11) is 3.27. The lowest BCUT2D eigenvalue weighted by Crippen LogP contribution is -2.45. The molecule has 2 saturated carbocycles. The average Bonchev–Trinajstić information content (AvgIpc) is 3.89. The molecule has 1 N–H and O–H groups in total. The molecular formula is C29H28F2N8O2. The van der Waals surface area contributed by atoms with Gasteiger partial charge >= 0.3 is 0 Å². The number of anilines is 2. The molecule has 0 atom stereocenters. The number of aromatic nitrogens is 6.